The minimum absolute atomic E-state index is 0.0514. The second-order valence-corrected chi connectivity index (χ2v) is 9.32. The first-order valence-electron chi connectivity index (χ1n) is 8.42. The van der Waals surface area contributed by atoms with Gasteiger partial charge < -0.3 is 4.52 Å². The molecule has 1 aliphatic heterocycles. The Balaban J connectivity index is 1.54. The standard InChI is InChI=1S/C17H14F2N4O4S2/c1-9-6-13(22-27-9)16(24)21-17-20-12-4-5-23(8-14(12)28-17)29(25,26)15-7-10(18)2-3-11(15)19/h2-3,6-7H,4-5,8H2,1H3,(H,20,21,24). The summed E-state index contributed by atoms with van der Waals surface area (Å²) >= 11 is 1.11. The summed E-state index contributed by atoms with van der Waals surface area (Å²) in [6.45, 7) is 1.66. The second-order valence-electron chi connectivity index (χ2n) is 6.33. The van der Waals surface area contributed by atoms with Crippen LogP contribution in [0.4, 0.5) is 13.9 Å². The minimum atomic E-state index is -4.22. The van der Waals surface area contributed by atoms with Crippen molar-refractivity contribution in [2.24, 2.45) is 0 Å². The molecule has 3 aromatic rings. The summed E-state index contributed by atoms with van der Waals surface area (Å²) in [5, 5.41) is 6.51. The number of carbonyl (C=O) groups excluding carboxylic acids is 1. The summed E-state index contributed by atoms with van der Waals surface area (Å²) in [6.07, 6.45) is 0.279. The highest BCUT2D eigenvalue weighted by Gasteiger charge is 2.32. The van der Waals surface area contributed by atoms with Crippen LogP contribution >= 0.6 is 11.3 Å². The second kappa shape index (κ2) is 7.28. The Morgan fingerprint density at radius 1 is 1.31 bits per heavy atom. The number of aromatic nitrogens is 2. The van der Waals surface area contributed by atoms with Crippen molar-refractivity contribution >= 4 is 32.4 Å². The third-order valence-electron chi connectivity index (χ3n) is 4.29. The van der Waals surface area contributed by atoms with Gasteiger partial charge in [-0.15, -0.1) is 11.3 Å². The molecule has 12 heteroatoms. The number of thiazole rings is 1. The van der Waals surface area contributed by atoms with E-state index in [-0.39, 0.29) is 30.3 Å². The molecule has 0 fully saturated rings. The molecule has 0 bridgehead atoms. The monoisotopic (exact) mass is 440 g/mol. The molecule has 2 aromatic heterocycles. The van der Waals surface area contributed by atoms with E-state index in [4.69, 9.17) is 4.52 Å². The van der Waals surface area contributed by atoms with Crippen molar-refractivity contribution in [2.45, 2.75) is 24.8 Å². The number of benzene rings is 1. The Kier molecular flexibility index (Phi) is 4.92. The lowest BCUT2D eigenvalue weighted by Crippen LogP contribution is -2.36. The number of fused-ring (bicyclic) bond motifs is 1. The molecule has 1 amide bonds. The smallest absolute Gasteiger partial charge is 0.279 e. The highest BCUT2D eigenvalue weighted by molar-refractivity contribution is 7.89. The highest BCUT2D eigenvalue weighted by atomic mass is 32.2. The Bertz CT molecular complexity index is 1210. The predicted molar refractivity (Wildman–Crippen MR) is 99.0 cm³/mol. The van der Waals surface area contributed by atoms with E-state index < -0.39 is 32.5 Å². The van der Waals surface area contributed by atoms with Crippen molar-refractivity contribution < 1.29 is 26.5 Å². The van der Waals surface area contributed by atoms with Crippen molar-refractivity contribution in [3.8, 4) is 0 Å². The number of rotatable bonds is 4. The number of hydrogen-bond donors (Lipinski definition) is 1. The van der Waals surface area contributed by atoms with Gasteiger partial charge in [0.25, 0.3) is 5.91 Å². The summed E-state index contributed by atoms with van der Waals surface area (Å²) in [6, 6.07) is 3.78. The van der Waals surface area contributed by atoms with Crippen LogP contribution in [0, 0.1) is 18.6 Å². The molecule has 29 heavy (non-hydrogen) atoms. The molecule has 0 atom stereocenters. The fourth-order valence-electron chi connectivity index (χ4n) is 2.88. The largest absolute Gasteiger partial charge is 0.361 e. The van der Waals surface area contributed by atoms with E-state index in [0.29, 0.717) is 22.4 Å². The van der Waals surface area contributed by atoms with E-state index in [1.54, 1.807) is 6.92 Å². The lowest BCUT2D eigenvalue weighted by Gasteiger charge is -2.25. The number of sulfonamides is 1. The normalized spacial score (nSPS) is 14.6. The van der Waals surface area contributed by atoms with Crippen LogP contribution in [0.1, 0.15) is 26.8 Å². The first-order chi connectivity index (χ1) is 13.7. The number of anilines is 1. The number of amides is 1. The zero-order valence-electron chi connectivity index (χ0n) is 15.0. The van der Waals surface area contributed by atoms with Gasteiger partial charge in [-0.2, -0.15) is 4.31 Å². The number of nitrogens with zero attached hydrogens (tertiary/aromatic N) is 3. The average molecular weight is 440 g/mol. The van der Waals surface area contributed by atoms with Crippen molar-refractivity contribution in [1.82, 2.24) is 14.4 Å². The third-order valence-corrected chi connectivity index (χ3v) is 7.15. The zero-order valence-corrected chi connectivity index (χ0v) is 16.6. The van der Waals surface area contributed by atoms with Crippen LogP contribution in [0.2, 0.25) is 0 Å². The van der Waals surface area contributed by atoms with Gasteiger partial charge in [-0.25, -0.2) is 22.2 Å². The Morgan fingerprint density at radius 2 is 2.10 bits per heavy atom. The fraction of sp³-hybridized carbons (Fsp3) is 0.235. The minimum Gasteiger partial charge on any atom is -0.361 e. The number of carbonyl (C=O) groups is 1. The maximum atomic E-state index is 14.0. The van der Waals surface area contributed by atoms with Gasteiger partial charge in [-0.05, 0) is 25.1 Å². The molecule has 4 rings (SSSR count). The van der Waals surface area contributed by atoms with Gasteiger partial charge in [0.1, 0.15) is 22.3 Å². The first kappa shape index (κ1) is 19.6. The summed E-state index contributed by atoms with van der Waals surface area (Å²) in [4.78, 5) is 16.4. The van der Waals surface area contributed by atoms with Gasteiger partial charge in [0.15, 0.2) is 10.8 Å². The maximum Gasteiger partial charge on any atom is 0.279 e. The van der Waals surface area contributed by atoms with Crippen LogP contribution in [0.25, 0.3) is 0 Å². The number of nitrogens with one attached hydrogen (secondary N) is 1. The first-order valence-corrected chi connectivity index (χ1v) is 10.7. The SMILES string of the molecule is Cc1cc(C(=O)Nc2nc3c(s2)CN(S(=O)(=O)c2cc(F)ccc2F)CC3)no1. The van der Waals surface area contributed by atoms with Crippen molar-refractivity contribution in [3.05, 3.63) is 57.9 Å². The van der Waals surface area contributed by atoms with Crippen LogP contribution in [-0.4, -0.2) is 35.3 Å². The fourth-order valence-corrected chi connectivity index (χ4v) is 5.46. The Labute approximate surface area is 168 Å². The zero-order chi connectivity index (χ0) is 20.8. The molecular formula is C17H14F2N4O4S2. The van der Waals surface area contributed by atoms with Crippen LogP contribution in [0.3, 0.4) is 0 Å². The molecular weight excluding hydrogens is 426 g/mol. The molecule has 0 saturated heterocycles. The summed E-state index contributed by atoms with van der Waals surface area (Å²) in [5.74, 6) is -1.87. The van der Waals surface area contributed by atoms with E-state index in [2.05, 4.69) is 15.5 Å². The molecule has 0 spiro atoms. The molecule has 1 aliphatic rings. The number of halogens is 2. The molecule has 0 unspecified atom stereocenters. The maximum absolute atomic E-state index is 14.0. The van der Waals surface area contributed by atoms with Crippen LogP contribution in [-0.2, 0) is 23.0 Å². The predicted octanol–water partition coefficient (Wildman–Crippen LogP) is 2.72. The molecule has 0 radical (unpaired) electrons. The van der Waals surface area contributed by atoms with Crippen LogP contribution < -0.4 is 5.32 Å². The molecule has 0 aliphatic carbocycles. The lowest BCUT2D eigenvalue weighted by atomic mass is 10.2. The topological polar surface area (TPSA) is 105 Å². The van der Waals surface area contributed by atoms with Gasteiger partial charge in [-0.3, -0.25) is 10.1 Å². The van der Waals surface area contributed by atoms with Crippen LogP contribution in [0.15, 0.2) is 33.7 Å². The third kappa shape index (κ3) is 3.78. The van der Waals surface area contributed by atoms with Gasteiger partial charge >= 0.3 is 0 Å². The number of aryl methyl sites for hydroxylation is 1. The quantitative estimate of drug-likeness (QED) is 0.669. The molecule has 3 heterocycles. The van der Waals surface area contributed by atoms with Gasteiger partial charge in [-0.1, -0.05) is 5.16 Å². The van der Waals surface area contributed by atoms with Crippen molar-refractivity contribution in [1.29, 1.82) is 0 Å². The van der Waals surface area contributed by atoms with Crippen molar-refractivity contribution in [2.75, 3.05) is 11.9 Å². The van der Waals surface area contributed by atoms with Crippen LogP contribution in [0.5, 0.6) is 0 Å². The summed E-state index contributed by atoms with van der Waals surface area (Å²) in [5.41, 5.74) is 0.745. The lowest BCUT2D eigenvalue weighted by molar-refractivity contribution is 0.101. The molecule has 0 saturated carbocycles. The molecule has 1 aromatic carbocycles. The van der Waals surface area contributed by atoms with E-state index in [1.807, 2.05) is 0 Å². The van der Waals surface area contributed by atoms with Gasteiger partial charge in [0.05, 0.1) is 12.2 Å². The summed E-state index contributed by atoms with van der Waals surface area (Å²) in [7, 11) is -4.22. The van der Waals surface area contributed by atoms with E-state index in [0.717, 1.165) is 27.8 Å². The molecule has 8 nitrogen and oxygen atoms in total. The van der Waals surface area contributed by atoms with Gasteiger partial charge in [0, 0.05) is 23.9 Å². The average Bonchev–Trinajstić information content (AvgIpc) is 3.28. The molecule has 152 valence electrons. The highest BCUT2D eigenvalue weighted by Crippen LogP contribution is 2.32. The Hall–Kier alpha value is -2.70. The Morgan fingerprint density at radius 3 is 2.83 bits per heavy atom. The van der Waals surface area contributed by atoms with Gasteiger partial charge in [0.2, 0.25) is 10.0 Å². The van der Waals surface area contributed by atoms with E-state index >= 15 is 0 Å². The van der Waals surface area contributed by atoms with Crippen molar-refractivity contribution in [3.63, 3.8) is 0 Å². The van der Waals surface area contributed by atoms with E-state index in [9.17, 15) is 22.0 Å². The summed E-state index contributed by atoms with van der Waals surface area (Å²) < 4.78 is 58.9. The number of hydrogen-bond acceptors (Lipinski definition) is 7. The molecule has 1 N–H and O–H groups in total. The van der Waals surface area contributed by atoms with E-state index in [1.165, 1.54) is 6.07 Å².